The number of amides is 1. The van der Waals surface area contributed by atoms with E-state index >= 15 is 0 Å². The molecule has 4 rings (SSSR count). The van der Waals surface area contributed by atoms with Gasteiger partial charge in [0.25, 0.3) is 0 Å². The van der Waals surface area contributed by atoms with Crippen molar-refractivity contribution in [3.8, 4) is 11.6 Å². The number of carbonyl (C=O) groups is 1. The van der Waals surface area contributed by atoms with E-state index in [-0.39, 0.29) is 5.91 Å². The lowest BCUT2D eigenvalue weighted by molar-refractivity contribution is -0.121. The maximum absolute atomic E-state index is 12.4. The Morgan fingerprint density at radius 3 is 2.87 bits per heavy atom. The van der Waals surface area contributed by atoms with Crippen molar-refractivity contribution in [2.45, 2.75) is 33.2 Å². The SMILES string of the molecule is COc1cccc(CNC(=O)CCc2c(C)nn(-c3ccc4nncn4n3)c2C)c1. The first-order chi connectivity index (χ1) is 14.5. The highest BCUT2D eigenvalue weighted by molar-refractivity contribution is 5.76. The molecule has 0 bridgehead atoms. The minimum absolute atomic E-state index is 0.00611. The largest absolute Gasteiger partial charge is 0.497 e. The van der Waals surface area contributed by atoms with Crippen LogP contribution in [0, 0.1) is 13.8 Å². The van der Waals surface area contributed by atoms with Crippen LogP contribution in [0.15, 0.2) is 42.7 Å². The third-order valence-corrected chi connectivity index (χ3v) is 5.03. The van der Waals surface area contributed by atoms with E-state index in [1.807, 2.05) is 50.2 Å². The van der Waals surface area contributed by atoms with Crippen molar-refractivity contribution in [3.63, 3.8) is 0 Å². The molecule has 0 fully saturated rings. The first kappa shape index (κ1) is 19.6. The van der Waals surface area contributed by atoms with Gasteiger partial charge in [0, 0.05) is 18.7 Å². The average Bonchev–Trinajstić information content (AvgIpc) is 3.34. The van der Waals surface area contributed by atoms with E-state index in [1.165, 1.54) is 0 Å². The van der Waals surface area contributed by atoms with Gasteiger partial charge in [0.1, 0.15) is 12.1 Å². The van der Waals surface area contributed by atoms with E-state index < -0.39 is 0 Å². The Labute approximate surface area is 173 Å². The molecular formula is C21H23N7O2. The van der Waals surface area contributed by atoms with Gasteiger partial charge in [-0.25, -0.2) is 4.68 Å². The van der Waals surface area contributed by atoms with Gasteiger partial charge in [-0.1, -0.05) is 12.1 Å². The first-order valence-corrected chi connectivity index (χ1v) is 9.67. The predicted octanol–water partition coefficient (Wildman–Crippen LogP) is 2.18. The summed E-state index contributed by atoms with van der Waals surface area (Å²) in [6, 6.07) is 11.4. The zero-order chi connectivity index (χ0) is 21.1. The second kappa shape index (κ2) is 8.32. The van der Waals surface area contributed by atoms with E-state index in [0.717, 1.165) is 28.3 Å². The van der Waals surface area contributed by atoms with Gasteiger partial charge in [-0.2, -0.15) is 9.61 Å². The highest BCUT2D eigenvalue weighted by atomic mass is 16.5. The number of nitrogens with one attached hydrogen (secondary N) is 1. The predicted molar refractivity (Wildman–Crippen MR) is 111 cm³/mol. The van der Waals surface area contributed by atoms with Crippen LogP contribution in [0.2, 0.25) is 0 Å². The van der Waals surface area contributed by atoms with Gasteiger partial charge in [-0.15, -0.1) is 15.3 Å². The van der Waals surface area contributed by atoms with Crippen LogP contribution in [0.5, 0.6) is 5.75 Å². The normalized spacial score (nSPS) is 11.0. The monoisotopic (exact) mass is 405 g/mol. The van der Waals surface area contributed by atoms with Crippen molar-refractivity contribution in [2.75, 3.05) is 7.11 Å². The minimum atomic E-state index is -0.00611. The Kier molecular flexibility index (Phi) is 5.42. The van der Waals surface area contributed by atoms with Crippen LogP contribution < -0.4 is 10.1 Å². The summed E-state index contributed by atoms with van der Waals surface area (Å²) in [5.74, 6) is 1.45. The summed E-state index contributed by atoms with van der Waals surface area (Å²) in [4.78, 5) is 12.4. The Bertz CT molecular complexity index is 1200. The molecule has 0 aliphatic rings. The smallest absolute Gasteiger partial charge is 0.220 e. The number of hydrogen-bond acceptors (Lipinski definition) is 6. The molecule has 0 saturated heterocycles. The Balaban J connectivity index is 1.41. The molecule has 1 aromatic carbocycles. The lowest BCUT2D eigenvalue weighted by Crippen LogP contribution is -2.23. The van der Waals surface area contributed by atoms with Crippen LogP contribution in [-0.2, 0) is 17.8 Å². The molecule has 0 unspecified atom stereocenters. The van der Waals surface area contributed by atoms with Gasteiger partial charge in [0.05, 0.1) is 12.8 Å². The van der Waals surface area contributed by atoms with E-state index in [1.54, 1.807) is 22.6 Å². The molecule has 0 aliphatic carbocycles. The van der Waals surface area contributed by atoms with E-state index in [2.05, 4.69) is 25.7 Å². The highest BCUT2D eigenvalue weighted by Gasteiger charge is 2.15. The molecule has 1 N–H and O–H groups in total. The van der Waals surface area contributed by atoms with Crippen molar-refractivity contribution in [1.29, 1.82) is 0 Å². The number of nitrogens with zero attached hydrogens (tertiary/aromatic N) is 6. The molecule has 154 valence electrons. The highest BCUT2D eigenvalue weighted by Crippen LogP contribution is 2.19. The maximum Gasteiger partial charge on any atom is 0.220 e. The molecule has 9 nitrogen and oxygen atoms in total. The quantitative estimate of drug-likeness (QED) is 0.506. The number of methoxy groups -OCH3 is 1. The average molecular weight is 405 g/mol. The summed E-state index contributed by atoms with van der Waals surface area (Å²) in [7, 11) is 1.63. The molecule has 30 heavy (non-hydrogen) atoms. The molecule has 0 saturated carbocycles. The van der Waals surface area contributed by atoms with E-state index in [9.17, 15) is 4.79 Å². The zero-order valence-electron chi connectivity index (χ0n) is 17.2. The molecule has 0 atom stereocenters. The molecule has 1 amide bonds. The van der Waals surface area contributed by atoms with Crippen molar-refractivity contribution in [2.24, 2.45) is 0 Å². The number of hydrogen-bond donors (Lipinski definition) is 1. The van der Waals surface area contributed by atoms with Gasteiger partial charge < -0.3 is 10.1 Å². The number of aryl methyl sites for hydroxylation is 1. The second-order valence-electron chi connectivity index (χ2n) is 7.01. The third kappa shape index (κ3) is 4.00. The van der Waals surface area contributed by atoms with Gasteiger partial charge >= 0.3 is 0 Å². The van der Waals surface area contributed by atoms with Gasteiger partial charge in [0.15, 0.2) is 11.5 Å². The number of ether oxygens (including phenoxy) is 1. The molecular weight excluding hydrogens is 382 g/mol. The fourth-order valence-corrected chi connectivity index (χ4v) is 3.40. The Hall–Kier alpha value is -3.75. The van der Waals surface area contributed by atoms with Crippen LogP contribution in [-0.4, -0.2) is 42.6 Å². The topological polar surface area (TPSA) is 99.2 Å². The van der Waals surface area contributed by atoms with Crippen LogP contribution in [0.1, 0.15) is 28.9 Å². The molecule has 3 aromatic heterocycles. The van der Waals surface area contributed by atoms with E-state index in [4.69, 9.17) is 4.74 Å². The number of benzene rings is 1. The number of aromatic nitrogens is 6. The van der Waals surface area contributed by atoms with Crippen LogP contribution >= 0.6 is 0 Å². The van der Waals surface area contributed by atoms with Gasteiger partial charge in [0.2, 0.25) is 5.91 Å². The lowest BCUT2D eigenvalue weighted by Gasteiger charge is -2.08. The Morgan fingerprint density at radius 1 is 1.17 bits per heavy atom. The third-order valence-electron chi connectivity index (χ3n) is 5.03. The van der Waals surface area contributed by atoms with Crippen molar-refractivity contribution in [1.82, 2.24) is 34.9 Å². The van der Waals surface area contributed by atoms with Gasteiger partial charge in [-0.05, 0) is 55.7 Å². The number of rotatable bonds is 7. The molecule has 0 aliphatic heterocycles. The standard InChI is InChI=1S/C21H23N7O2/c1-14-18(7-10-21(29)22-12-16-5-4-6-17(11-16)30-3)15(2)28(25-14)20-9-8-19-24-23-13-27(19)26-20/h4-6,8-9,11,13H,7,10,12H2,1-3H3,(H,22,29). The second-order valence-corrected chi connectivity index (χ2v) is 7.01. The number of carbonyl (C=O) groups excluding carboxylic acids is 1. The summed E-state index contributed by atoms with van der Waals surface area (Å²) < 4.78 is 8.61. The molecule has 0 radical (unpaired) electrons. The lowest BCUT2D eigenvalue weighted by atomic mass is 10.1. The zero-order valence-corrected chi connectivity index (χ0v) is 17.2. The fourth-order valence-electron chi connectivity index (χ4n) is 3.40. The van der Waals surface area contributed by atoms with Crippen molar-refractivity contribution < 1.29 is 9.53 Å². The molecule has 3 heterocycles. The maximum atomic E-state index is 12.4. The summed E-state index contributed by atoms with van der Waals surface area (Å²) in [6.45, 7) is 4.40. The van der Waals surface area contributed by atoms with Crippen LogP contribution in [0.4, 0.5) is 0 Å². The van der Waals surface area contributed by atoms with Crippen LogP contribution in [0.25, 0.3) is 11.5 Å². The van der Waals surface area contributed by atoms with Crippen LogP contribution in [0.3, 0.4) is 0 Å². The first-order valence-electron chi connectivity index (χ1n) is 9.67. The fraction of sp³-hybridized carbons (Fsp3) is 0.286. The summed E-state index contributed by atoms with van der Waals surface area (Å²) in [5.41, 5.74) is 4.58. The molecule has 4 aromatic rings. The van der Waals surface area contributed by atoms with Gasteiger partial charge in [-0.3, -0.25) is 4.79 Å². The minimum Gasteiger partial charge on any atom is -0.497 e. The summed E-state index contributed by atoms with van der Waals surface area (Å²) in [5, 5.41) is 19.9. The molecule has 0 spiro atoms. The van der Waals surface area contributed by atoms with Crippen molar-refractivity contribution in [3.05, 3.63) is 65.2 Å². The summed E-state index contributed by atoms with van der Waals surface area (Å²) in [6.07, 6.45) is 2.55. The summed E-state index contributed by atoms with van der Waals surface area (Å²) >= 11 is 0. The van der Waals surface area contributed by atoms with E-state index in [0.29, 0.717) is 30.9 Å². The number of fused-ring (bicyclic) bond motifs is 1. The molecule has 9 heteroatoms. The Morgan fingerprint density at radius 2 is 2.03 bits per heavy atom. The van der Waals surface area contributed by atoms with Crippen molar-refractivity contribution >= 4 is 11.6 Å².